The molecule has 2 N–H and O–H groups in total. The molecule has 0 amide bonds. The lowest BCUT2D eigenvalue weighted by Crippen LogP contribution is -2.05. The van der Waals surface area contributed by atoms with E-state index in [1.165, 1.54) is 11.1 Å². The van der Waals surface area contributed by atoms with Crippen molar-refractivity contribution in [3.63, 3.8) is 0 Å². The highest BCUT2D eigenvalue weighted by molar-refractivity contribution is 6.31. The maximum Gasteiger partial charge on any atom is 0.142 e. The third kappa shape index (κ3) is 4.64. The Morgan fingerprint density at radius 2 is 1.81 bits per heavy atom. The first-order valence-corrected chi connectivity index (χ1v) is 8.67. The molecule has 0 atom stereocenters. The average molecular weight is 369 g/mol. The second-order valence-electron chi connectivity index (χ2n) is 6.00. The maximum absolute atomic E-state index is 6.09. The Morgan fingerprint density at radius 1 is 1.00 bits per heavy atom. The number of ether oxygens (including phenoxy) is 1. The Hall–Kier alpha value is -2.79. The Bertz CT molecular complexity index is 914. The smallest absolute Gasteiger partial charge is 0.142 e. The SMILES string of the molecule is COc1ccc(Cl)cc1Nc1cc(NCc2cccc(C)c2)nc(C)n1. The van der Waals surface area contributed by atoms with E-state index in [0.717, 1.165) is 11.5 Å². The van der Waals surface area contributed by atoms with E-state index in [0.29, 0.717) is 29.0 Å². The van der Waals surface area contributed by atoms with Gasteiger partial charge in [0, 0.05) is 17.6 Å². The molecular weight excluding hydrogens is 348 g/mol. The summed E-state index contributed by atoms with van der Waals surface area (Å²) in [6, 6.07) is 15.6. The molecule has 0 bridgehead atoms. The molecule has 1 aromatic heterocycles. The van der Waals surface area contributed by atoms with Crippen LogP contribution in [0.25, 0.3) is 0 Å². The van der Waals surface area contributed by atoms with Crippen LogP contribution in [-0.2, 0) is 6.54 Å². The lowest BCUT2D eigenvalue weighted by Gasteiger charge is -2.13. The molecule has 0 radical (unpaired) electrons. The van der Waals surface area contributed by atoms with Crippen LogP contribution in [0.5, 0.6) is 5.75 Å². The molecule has 3 rings (SSSR count). The van der Waals surface area contributed by atoms with Gasteiger partial charge in [-0.05, 0) is 37.6 Å². The predicted octanol–water partition coefficient (Wildman–Crippen LogP) is 5.11. The minimum Gasteiger partial charge on any atom is -0.495 e. The number of aromatic nitrogens is 2. The van der Waals surface area contributed by atoms with Gasteiger partial charge in [-0.25, -0.2) is 9.97 Å². The quantitative estimate of drug-likeness (QED) is 0.633. The van der Waals surface area contributed by atoms with Crippen LogP contribution in [0.15, 0.2) is 48.5 Å². The number of hydrogen-bond acceptors (Lipinski definition) is 5. The Balaban J connectivity index is 1.78. The van der Waals surface area contributed by atoms with E-state index in [-0.39, 0.29) is 0 Å². The van der Waals surface area contributed by atoms with Crippen molar-refractivity contribution < 1.29 is 4.74 Å². The van der Waals surface area contributed by atoms with Crippen LogP contribution in [0.1, 0.15) is 17.0 Å². The molecule has 0 aliphatic rings. The molecule has 0 saturated heterocycles. The Morgan fingerprint density at radius 3 is 2.58 bits per heavy atom. The molecule has 134 valence electrons. The second kappa shape index (κ2) is 8.06. The Labute approximate surface area is 158 Å². The topological polar surface area (TPSA) is 59.1 Å². The lowest BCUT2D eigenvalue weighted by atomic mass is 10.1. The zero-order chi connectivity index (χ0) is 18.5. The summed E-state index contributed by atoms with van der Waals surface area (Å²) < 4.78 is 5.37. The highest BCUT2D eigenvalue weighted by Crippen LogP contribution is 2.30. The molecule has 6 heteroatoms. The van der Waals surface area contributed by atoms with Gasteiger partial charge in [-0.15, -0.1) is 0 Å². The van der Waals surface area contributed by atoms with Gasteiger partial charge in [-0.2, -0.15) is 0 Å². The summed E-state index contributed by atoms with van der Waals surface area (Å²) in [4.78, 5) is 8.90. The van der Waals surface area contributed by atoms with Crippen molar-refractivity contribution in [3.8, 4) is 5.75 Å². The minimum atomic E-state index is 0.622. The summed E-state index contributed by atoms with van der Waals surface area (Å²) in [5.74, 6) is 2.79. The molecule has 0 unspecified atom stereocenters. The van der Waals surface area contributed by atoms with E-state index < -0.39 is 0 Å². The number of nitrogens with zero attached hydrogens (tertiary/aromatic N) is 2. The van der Waals surface area contributed by atoms with Crippen LogP contribution in [0.2, 0.25) is 5.02 Å². The van der Waals surface area contributed by atoms with Crippen molar-refractivity contribution >= 4 is 28.9 Å². The highest BCUT2D eigenvalue weighted by Gasteiger charge is 2.07. The number of hydrogen-bond donors (Lipinski definition) is 2. The van der Waals surface area contributed by atoms with Gasteiger partial charge in [-0.1, -0.05) is 41.4 Å². The fourth-order valence-electron chi connectivity index (χ4n) is 2.65. The first-order valence-electron chi connectivity index (χ1n) is 8.29. The molecule has 0 aliphatic heterocycles. The monoisotopic (exact) mass is 368 g/mol. The van der Waals surface area contributed by atoms with Crippen molar-refractivity contribution in [2.24, 2.45) is 0 Å². The first kappa shape index (κ1) is 18.0. The Kier molecular flexibility index (Phi) is 5.58. The van der Waals surface area contributed by atoms with Gasteiger partial charge in [0.15, 0.2) is 0 Å². The predicted molar refractivity (Wildman–Crippen MR) is 107 cm³/mol. The van der Waals surface area contributed by atoms with Crippen LogP contribution < -0.4 is 15.4 Å². The summed E-state index contributed by atoms with van der Waals surface area (Å²) in [5.41, 5.74) is 3.19. The van der Waals surface area contributed by atoms with Crippen molar-refractivity contribution in [2.45, 2.75) is 20.4 Å². The average Bonchev–Trinajstić information content (AvgIpc) is 2.60. The standard InChI is InChI=1S/C20H21ClN4O/c1-13-5-4-6-15(9-13)12-22-19-11-20(24-14(2)23-19)25-17-10-16(21)7-8-18(17)26-3/h4-11H,12H2,1-3H3,(H2,22,23,24,25). The zero-order valence-corrected chi connectivity index (χ0v) is 15.8. The van der Waals surface area contributed by atoms with E-state index in [1.54, 1.807) is 19.2 Å². The fourth-order valence-corrected chi connectivity index (χ4v) is 2.82. The normalized spacial score (nSPS) is 10.5. The van der Waals surface area contributed by atoms with Crippen LogP contribution in [-0.4, -0.2) is 17.1 Å². The van der Waals surface area contributed by atoms with Crippen molar-refractivity contribution in [1.29, 1.82) is 0 Å². The molecule has 0 saturated carbocycles. The van der Waals surface area contributed by atoms with Crippen molar-refractivity contribution in [1.82, 2.24) is 9.97 Å². The van der Waals surface area contributed by atoms with Crippen LogP contribution in [0.3, 0.4) is 0 Å². The summed E-state index contributed by atoms with van der Waals surface area (Å²) >= 11 is 6.09. The largest absolute Gasteiger partial charge is 0.495 e. The summed E-state index contributed by atoms with van der Waals surface area (Å²) in [6.07, 6.45) is 0. The van der Waals surface area contributed by atoms with Crippen LogP contribution in [0, 0.1) is 13.8 Å². The molecule has 0 aliphatic carbocycles. The molecule has 1 heterocycles. The van der Waals surface area contributed by atoms with Gasteiger partial charge in [-0.3, -0.25) is 0 Å². The molecule has 0 fully saturated rings. The van der Waals surface area contributed by atoms with Gasteiger partial charge >= 0.3 is 0 Å². The van der Waals surface area contributed by atoms with Crippen molar-refractivity contribution in [2.75, 3.05) is 17.7 Å². The third-order valence-electron chi connectivity index (χ3n) is 3.82. The van der Waals surface area contributed by atoms with Gasteiger partial charge in [0.2, 0.25) is 0 Å². The molecule has 3 aromatic rings. The number of anilines is 3. The summed E-state index contributed by atoms with van der Waals surface area (Å²) in [6.45, 7) is 4.63. The van der Waals surface area contributed by atoms with Crippen molar-refractivity contribution in [3.05, 3.63) is 70.5 Å². The number of halogens is 1. The van der Waals surface area contributed by atoms with Gasteiger partial charge < -0.3 is 15.4 Å². The fraction of sp³-hybridized carbons (Fsp3) is 0.200. The molecule has 0 spiro atoms. The zero-order valence-electron chi connectivity index (χ0n) is 15.0. The van der Waals surface area contributed by atoms with E-state index in [2.05, 4.69) is 51.8 Å². The molecule has 26 heavy (non-hydrogen) atoms. The number of aryl methyl sites for hydroxylation is 2. The maximum atomic E-state index is 6.09. The highest BCUT2D eigenvalue weighted by atomic mass is 35.5. The lowest BCUT2D eigenvalue weighted by molar-refractivity contribution is 0.417. The van der Waals surface area contributed by atoms with E-state index in [1.807, 2.05) is 19.1 Å². The van der Waals surface area contributed by atoms with E-state index >= 15 is 0 Å². The van der Waals surface area contributed by atoms with Gasteiger partial charge in [0.25, 0.3) is 0 Å². The van der Waals surface area contributed by atoms with Crippen LogP contribution in [0.4, 0.5) is 17.3 Å². The number of nitrogens with one attached hydrogen (secondary N) is 2. The first-order chi connectivity index (χ1) is 12.5. The number of rotatable bonds is 6. The minimum absolute atomic E-state index is 0.622. The van der Waals surface area contributed by atoms with Crippen LogP contribution >= 0.6 is 11.6 Å². The van der Waals surface area contributed by atoms with E-state index in [4.69, 9.17) is 16.3 Å². The molecular formula is C20H21ClN4O. The van der Waals surface area contributed by atoms with Gasteiger partial charge in [0.1, 0.15) is 23.2 Å². The molecule has 5 nitrogen and oxygen atoms in total. The molecule has 2 aromatic carbocycles. The second-order valence-corrected chi connectivity index (χ2v) is 6.43. The van der Waals surface area contributed by atoms with Gasteiger partial charge in [0.05, 0.1) is 12.8 Å². The summed E-state index contributed by atoms with van der Waals surface area (Å²) in [7, 11) is 1.62. The third-order valence-corrected chi connectivity index (χ3v) is 4.05. The number of benzene rings is 2. The number of methoxy groups -OCH3 is 1. The van der Waals surface area contributed by atoms with E-state index in [9.17, 15) is 0 Å². The summed E-state index contributed by atoms with van der Waals surface area (Å²) in [5, 5.41) is 7.22.